The van der Waals surface area contributed by atoms with E-state index in [9.17, 15) is 8.42 Å². The number of nitrogens with two attached hydrogens (primary N) is 1. The molecule has 1 heterocycles. The predicted molar refractivity (Wildman–Crippen MR) is 68.0 cm³/mol. The van der Waals surface area contributed by atoms with Crippen molar-refractivity contribution in [2.45, 2.75) is 39.2 Å². The van der Waals surface area contributed by atoms with Crippen LogP contribution < -0.4 is 10.5 Å². The largest absolute Gasteiger partial charge is 0.386 e. The SMILES string of the molecule is CCC(NS(=O)(=O)N1CCCC(C)C1)C(=N)N. The van der Waals surface area contributed by atoms with Crippen LogP contribution in [0.5, 0.6) is 0 Å². The molecule has 100 valence electrons. The van der Waals surface area contributed by atoms with Crippen LogP contribution in [0.2, 0.25) is 0 Å². The molecule has 0 spiro atoms. The summed E-state index contributed by atoms with van der Waals surface area (Å²) in [5.74, 6) is 0.249. The van der Waals surface area contributed by atoms with Gasteiger partial charge in [0.05, 0.1) is 6.04 Å². The third kappa shape index (κ3) is 3.93. The molecule has 0 aromatic heterocycles. The lowest BCUT2D eigenvalue weighted by Crippen LogP contribution is -2.51. The van der Waals surface area contributed by atoms with E-state index in [1.165, 1.54) is 4.31 Å². The topological polar surface area (TPSA) is 99.3 Å². The summed E-state index contributed by atoms with van der Waals surface area (Å²) in [7, 11) is -3.51. The van der Waals surface area contributed by atoms with Crippen LogP contribution in [0.1, 0.15) is 33.1 Å². The Balaban J connectivity index is 2.70. The van der Waals surface area contributed by atoms with Crippen molar-refractivity contribution >= 4 is 16.0 Å². The van der Waals surface area contributed by atoms with Crippen LogP contribution in [0.4, 0.5) is 0 Å². The minimum absolute atomic E-state index is 0.138. The monoisotopic (exact) mass is 262 g/mol. The summed E-state index contributed by atoms with van der Waals surface area (Å²) in [4.78, 5) is 0. The maximum atomic E-state index is 12.1. The van der Waals surface area contributed by atoms with Gasteiger partial charge in [-0.25, -0.2) is 0 Å². The van der Waals surface area contributed by atoms with Gasteiger partial charge in [0.15, 0.2) is 0 Å². The van der Waals surface area contributed by atoms with Crippen molar-refractivity contribution in [1.82, 2.24) is 9.03 Å². The molecule has 4 N–H and O–H groups in total. The molecule has 6 nitrogen and oxygen atoms in total. The maximum absolute atomic E-state index is 12.1. The predicted octanol–water partition coefficient (Wildman–Crippen LogP) is 0.267. The Kier molecular flexibility index (Phi) is 4.91. The smallest absolute Gasteiger partial charge is 0.280 e. The molecule has 2 atom stereocenters. The third-order valence-electron chi connectivity index (χ3n) is 3.03. The molecule has 1 aliphatic rings. The standard InChI is InChI=1S/C10H22N4O2S/c1-3-9(10(11)12)13-17(15,16)14-6-4-5-8(2)7-14/h8-9,13H,3-7H2,1-2H3,(H3,11,12). The van der Waals surface area contributed by atoms with Gasteiger partial charge in [-0.05, 0) is 25.2 Å². The fraction of sp³-hybridized carbons (Fsp3) is 0.900. The first kappa shape index (κ1) is 14.4. The minimum Gasteiger partial charge on any atom is -0.386 e. The number of piperidine rings is 1. The number of nitrogens with one attached hydrogen (secondary N) is 2. The number of hydrogen-bond acceptors (Lipinski definition) is 3. The number of hydrogen-bond donors (Lipinski definition) is 3. The van der Waals surface area contributed by atoms with E-state index in [1.807, 2.05) is 6.92 Å². The van der Waals surface area contributed by atoms with Crippen molar-refractivity contribution in [3.05, 3.63) is 0 Å². The summed E-state index contributed by atoms with van der Waals surface area (Å²) in [6.45, 7) is 4.94. The van der Waals surface area contributed by atoms with E-state index in [0.717, 1.165) is 12.8 Å². The zero-order chi connectivity index (χ0) is 13.1. The Bertz CT molecular complexity index is 369. The quantitative estimate of drug-likeness (QED) is 0.489. The van der Waals surface area contributed by atoms with Crippen LogP contribution in [0.15, 0.2) is 0 Å². The Morgan fingerprint density at radius 2 is 2.29 bits per heavy atom. The molecule has 2 unspecified atom stereocenters. The molecule has 1 aliphatic heterocycles. The Hall–Kier alpha value is -0.660. The molecule has 1 saturated heterocycles. The van der Waals surface area contributed by atoms with Gasteiger partial charge < -0.3 is 5.73 Å². The molecular weight excluding hydrogens is 240 g/mol. The number of nitrogens with zero attached hydrogens (tertiary/aromatic N) is 1. The van der Waals surface area contributed by atoms with Gasteiger partial charge in [0.2, 0.25) is 0 Å². The zero-order valence-corrected chi connectivity index (χ0v) is 11.3. The normalized spacial score (nSPS) is 24.5. The van der Waals surface area contributed by atoms with Gasteiger partial charge in [-0.2, -0.15) is 17.4 Å². The summed E-state index contributed by atoms with van der Waals surface area (Å²) in [6, 6.07) is -0.600. The van der Waals surface area contributed by atoms with Crippen LogP contribution in [-0.2, 0) is 10.2 Å². The molecule has 0 radical (unpaired) electrons. The lowest BCUT2D eigenvalue weighted by molar-refractivity contribution is 0.277. The molecule has 1 fully saturated rings. The highest BCUT2D eigenvalue weighted by atomic mass is 32.2. The van der Waals surface area contributed by atoms with E-state index in [2.05, 4.69) is 4.72 Å². The molecule has 7 heteroatoms. The van der Waals surface area contributed by atoms with Gasteiger partial charge >= 0.3 is 0 Å². The Labute approximate surface area is 103 Å². The average molecular weight is 262 g/mol. The lowest BCUT2D eigenvalue weighted by atomic mass is 10.0. The first-order chi connectivity index (χ1) is 7.86. The zero-order valence-electron chi connectivity index (χ0n) is 10.4. The summed E-state index contributed by atoms with van der Waals surface area (Å²) < 4.78 is 28.1. The van der Waals surface area contributed by atoms with Crippen molar-refractivity contribution in [2.75, 3.05) is 13.1 Å². The van der Waals surface area contributed by atoms with Crippen LogP contribution >= 0.6 is 0 Å². The molecule has 0 bridgehead atoms. The third-order valence-corrected chi connectivity index (χ3v) is 4.63. The molecule has 0 aromatic rings. The summed E-state index contributed by atoms with van der Waals surface area (Å²) in [6.07, 6.45) is 2.44. The fourth-order valence-corrected chi connectivity index (χ4v) is 3.61. The number of amidine groups is 1. The van der Waals surface area contributed by atoms with Crippen molar-refractivity contribution in [3.63, 3.8) is 0 Å². The van der Waals surface area contributed by atoms with Gasteiger partial charge in [0.1, 0.15) is 5.84 Å². The van der Waals surface area contributed by atoms with Gasteiger partial charge in [0, 0.05) is 13.1 Å². The lowest BCUT2D eigenvalue weighted by Gasteiger charge is -2.31. The van der Waals surface area contributed by atoms with Crippen molar-refractivity contribution in [2.24, 2.45) is 11.7 Å². The fourth-order valence-electron chi connectivity index (χ4n) is 1.99. The van der Waals surface area contributed by atoms with Gasteiger partial charge in [-0.3, -0.25) is 5.41 Å². The summed E-state index contributed by atoms with van der Waals surface area (Å²) >= 11 is 0. The van der Waals surface area contributed by atoms with Gasteiger partial charge in [-0.1, -0.05) is 13.8 Å². The van der Waals surface area contributed by atoms with E-state index >= 15 is 0 Å². The highest BCUT2D eigenvalue weighted by molar-refractivity contribution is 7.87. The summed E-state index contributed by atoms with van der Waals surface area (Å²) in [5.41, 5.74) is 5.35. The van der Waals surface area contributed by atoms with E-state index in [-0.39, 0.29) is 5.84 Å². The maximum Gasteiger partial charge on any atom is 0.280 e. The van der Waals surface area contributed by atoms with E-state index < -0.39 is 16.3 Å². The molecule has 0 saturated carbocycles. The highest BCUT2D eigenvalue weighted by Crippen LogP contribution is 2.17. The van der Waals surface area contributed by atoms with Crippen LogP contribution in [0.3, 0.4) is 0 Å². The molecular formula is C10H22N4O2S. The van der Waals surface area contributed by atoms with E-state index in [1.54, 1.807) is 6.92 Å². The molecule has 0 aliphatic carbocycles. The van der Waals surface area contributed by atoms with E-state index in [4.69, 9.17) is 11.1 Å². The minimum atomic E-state index is -3.51. The number of rotatable bonds is 5. The second-order valence-electron chi connectivity index (χ2n) is 4.64. The first-order valence-electron chi connectivity index (χ1n) is 5.98. The molecule has 0 amide bonds. The Morgan fingerprint density at radius 3 is 2.76 bits per heavy atom. The molecule has 17 heavy (non-hydrogen) atoms. The highest BCUT2D eigenvalue weighted by Gasteiger charge is 2.29. The van der Waals surface area contributed by atoms with Crippen molar-refractivity contribution < 1.29 is 8.42 Å². The second-order valence-corrected chi connectivity index (χ2v) is 6.35. The second kappa shape index (κ2) is 5.79. The van der Waals surface area contributed by atoms with Gasteiger partial charge in [0.25, 0.3) is 10.2 Å². The van der Waals surface area contributed by atoms with Crippen molar-refractivity contribution in [1.29, 1.82) is 5.41 Å². The van der Waals surface area contributed by atoms with Gasteiger partial charge in [-0.15, -0.1) is 0 Å². The Morgan fingerprint density at radius 1 is 1.65 bits per heavy atom. The average Bonchev–Trinajstić information content (AvgIpc) is 2.25. The van der Waals surface area contributed by atoms with Crippen LogP contribution in [-0.4, -0.2) is 37.7 Å². The van der Waals surface area contributed by atoms with Crippen LogP contribution in [0.25, 0.3) is 0 Å². The molecule has 1 rings (SSSR count). The first-order valence-corrected chi connectivity index (χ1v) is 7.42. The van der Waals surface area contributed by atoms with E-state index in [0.29, 0.717) is 25.4 Å². The van der Waals surface area contributed by atoms with Crippen molar-refractivity contribution in [3.8, 4) is 0 Å². The van der Waals surface area contributed by atoms with Crippen LogP contribution in [0, 0.1) is 11.3 Å². The summed E-state index contributed by atoms with van der Waals surface area (Å²) in [5, 5.41) is 7.32. The molecule has 0 aromatic carbocycles.